The Kier molecular flexibility index (Phi) is 5.75. The molecule has 2 aliphatic rings. The van der Waals surface area contributed by atoms with Gasteiger partial charge >= 0.3 is 5.97 Å². The zero-order valence-electron chi connectivity index (χ0n) is 12.2. The molecule has 1 saturated heterocycles. The van der Waals surface area contributed by atoms with Gasteiger partial charge in [-0.2, -0.15) is 11.8 Å². The molecule has 1 N–H and O–H groups in total. The van der Waals surface area contributed by atoms with Gasteiger partial charge in [0.25, 0.3) is 0 Å². The van der Waals surface area contributed by atoms with Crippen LogP contribution >= 0.6 is 11.8 Å². The van der Waals surface area contributed by atoms with Crippen LogP contribution in [0.2, 0.25) is 0 Å². The van der Waals surface area contributed by atoms with E-state index in [1.165, 1.54) is 37.4 Å². The standard InChI is InChI=1S/C15H25NO3S/c1-11(15(18)19)9-20-10-14(17)16-8-4-6-12-5-2-3-7-13(12)16/h11-13H,2-10H2,1H3,(H,18,19). The van der Waals surface area contributed by atoms with Gasteiger partial charge in [0, 0.05) is 18.3 Å². The van der Waals surface area contributed by atoms with E-state index in [1.807, 2.05) is 0 Å². The Hall–Kier alpha value is -0.710. The van der Waals surface area contributed by atoms with Crippen molar-refractivity contribution < 1.29 is 14.7 Å². The number of carboxylic acid groups (broad SMARTS) is 1. The number of likely N-dealkylation sites (tertiary alicyclic amines) is 1. The van der Waals surface area contributed by atoms with E-state index in [0.29, 0.717) is 23.5 Å². The summed E-state index contributed by atoms with van der Waals surface area (Å²) in [5.41, 5.74) is 0. The lowest BCUT2D eigenvalue weighted by Gasteiger charge is -2.44. The van der Waals surface area contributed by atoms with Gasteiger partial charge in [0.05, 0.1) is 11.7 Å². The molecule has 1 amide bonds. The van der Waals surface area contributed by atoms with Crippen molar-refractivity contribution >= 4 is 23.6 Å². The predicted molar refractivity (Wildman–Crippen MR) is 80.8 cm³/mol. The summed E-state index contributed by atoms with van der Waals surface area (Å²) in [6.07, 6.45) is 7.40. The average Bonchev–Trinajstić information content (AvgIpc) is 2.46. The minimum absolute atomic E-state index is 0.212. The maximum atomic E-state index is 12.4. The van der Waals surface area contributed by atoms with Crippen LogP contribution in [0, 0.1) is 11.8 Å². The number of carbonyl (C=O) groups is 2. The third-order valence-corrected chi connectivity index (χ3v) is 5.77. The van der Waals surface area contributed by atoms with Gasteiger partial charge in [0.2, 0.25) is 5.91 Å². The molecule has 2 fully saturated rings. The number of carbonyl (C=O) groups excluding carboxylic acids is 1. The number of rotatable bonds is 5. The molecule has 5 heteroatoms. The smallest absolute Gasteiger partial charge is 0.307 e. The summed E-state index contributed by atoms with van der Waals surface area (Å²) < 4.78 is 0. The van der Waals surface area contributed by atoms with Gasteiger partial charge < -0.3 is 10.0 Å². The van der Waals surface area contributed by atoms with Gasteiger partial charge in [-0.1, -0.05) is 19.8 Å². The van der Waals surface area contributed by atoms with Crippen LogP contribution in [-0.4, -0.2) is 46.0 Å². The number of piperidine rings is 1. The van der Waals surface area contributed by atoms with E-state index < -0.39 is 5.97 Å². The third kappa shape index (κ3) is 3.90. The number of hydrogen-bond acceptors (Lipinski definition) is 3. The molecule has 0 aromatic carbocycles. The fourth-order valence-corrected chi connectivity index (χ4v) is 4.37. The second kappa shape index (κ2) is 7.34. The van der Waals surface area contributed by atoms with Gasteiger partial charge in [0.15, 0.2) is 0 Å². The van der Waals surface area contributed by atoms with E-state index in [1.54, 1.807) is 6.92 Å². The van der Waals surface area contributed by atoms with Crippen LogP contribution in [-0.2, 0) is 9.59 Å². The summed E-state index contributed by atoms with van der Waals surface area (Å²) in [5.74, 6) is 0.713. The van der Waals surface area contributed by atoms with Crippen molar-refractivity contribution in [1.82, 2.24) is 4.90 Å². The quantitative estimate of drug-likeness (QED) is 0.848. The van der Waals surface area contributed by atoms with Crippen LogP contribution in [0.3, 0.4) is 0 Å². The Morgan fingerprint density at radius 2 is 1.95 bits per heavy atom. The van der Waals surface area contributed by atoms with Gasteiger partial charge in [-0.3, -0.25) is 9.59 Å². The van der Waals surface area contributed by atoms with Gasteiger partial charge in [0.1, 0.15) is 0 Å². The molecule has 0 aromatic heterocycles. The van der Waals surface area contributed by atoms with E-state index in [0.717, 1.165) is 19.4 Å². The number of fused-ring (bicyclic) bond motifs is 1. The highest BCUT2D eigenvalue weighted by Crippen LogP contribution is 2.35. The van der Waals surface area contributed by atoms with E-state index in [9.17, 15) is 9.59 Å². The molecule has 0 aromatic rings. The lowest BCUT2D eigenvalue weighted by molar-refractivity contribution is -0.140. The number of nitrogens with zero attached hydrogens (tertiary/aromatic N) is 1. The first-order valence-corrected chi connectivity index (χ1v) is 8.85. The van der Waals surface area contributed by atoms with E-state index in [2.05, 4.69) is 4.90 Å². The summed E-state index contributed by atoms with van der Waals surface area (Å²) >= 11 is 1.46. The number of hydrogen-bond donors (Lipinski definition) is 1. The predicted octanol–water partition coefficient (Wildman–Crippen LogP) is 2.62. The molecule has 4 nitrogen and oxygen atoms in total. The molecular formula is C15H25NO3S. The summed E-state index contributed by atoms with van der Waals surface area (Å²) in [6, 6.07) is 0.461. The van der Waals surface area contributed by atoms with E-state index in [4.69, 9.17) is 5.11 Å². The average molecular weight is 299 g/mol. The van der Waals surface area contributed by atoms with Crippen LogP contribution in [0.25, 0.3) is 0 Å². The van der Waals surface area contributed by atoms with Crippen molar-refractivity contribution in [3.05, 3.63) is 0 Å². The number of carboxylic acids is 1. The van der Waals surface area contributed by atoms with Crippen molar-refractivity contribution in [3.8, 4) is 0 Å². The van der Waals surface area contributed by atoms with Gasteiger partial charge in [-0.25, -0.2) is 0 Å². The topological polar surface area (TPSA) is 57.6 Å². The highest BCUT2D eigenvalue weighted by Gasteiger charge is 2.35. The number of amides is 1. The van der Waals surface area contributed by atoms with Crippen LogP contribution in [0.5, 0.6) is 0 Å². The Bertz CT molecular complexity index is 359. The molecule has 1 aliphatic carbocycles. The van der Waals surface area contributed by atoms with Crippen molar-refractivity contribution in [3.63, 3.8) is 0 Å². The normalized spacial score (nSPS) is 27.8. The van der Waals surface area contributed by atoms with Crippen molar-refractivity contribution in [2.45, 2.75) is 51.5 Å². The fraction of sp³-hybridized carbons (Fsp3) is 0.867. The van der Waals surface area contributed by atoms with Crippen molar-refractivity contribution in [1.29, 1.82) is 0 Å². The molecular weight excluding hydrogens is 274 g/mol. The number of aliphatic carboxylic acids is 1. The maximum Gasteiger partial charge on any atom is 0.307 e. The van der Waals surface area contributed by atoms with Crippen molar-refractivity contribution in [2.24, 2.45) is 11.8 Å². The first-order chi connectivity index (χ1) is 9.59. The second-order valence-electron chi connectivity index (χ2n) is 6.10. The van der Waals surface area contributed by atoms with Crippen LogP contribution in [0.1, 0.15) is 45.4 Å². The Balaban J connectivity index is 1.80. The van der Waals surface area contributed by atoms with Gasteiger partial charge in [-0.05, 0) is 31.6 Å². The Morgan fingerprint density at radius 3 is 2.70 bits per heavy atom. The minimum Gasteiger partial charge on any atom is -0.481 e. The zero-order valence-corrected chi connectivity index (χ0v) is 13.0. The lowest BCUT2D eigenvalue weighted by atomic mass is 9.78. The Morgan fingerprint density at radius 1 is 1.25 bits per heavy atom. The molecule has 3 atom stereocenters. The molecule has 1 heterocycles. The minimum atomic E-state index is -0.782. The zero-order chi connectivity index (χ0) is 14.5. The van der Waals surface area contributed by atoms with E-state index >= 15 is 0 Å². The highest BCUT2D eigenvalue weighted by molar-refractivity contribution is 7.99. The van der Waals surface area contributed by atoms with Crippen LogP contribution in [0.4, 0.5) is 0 Å². The highest BCUT2D eigenvalue weighted by atomic mass is 32.2. The molecule has 1 saturated carbocycles. The first-order valence-electron chi connectivity index (χ1n) is 7.69. The fourth-order valence-electron chi connectivity index (χ4n) is 3.41. The summed E-state index contributed by atoms with van der Waals surface area (Å²) in [5, 5.41) is 8.84. The molecule has 3 unspecified atom stereocenters. The molecule has 2 rings (SSSR count). The molecule has 0 spiro atoms. The van der Waals surface area contributed by atoms with E-state index in [-0.39, 0.29) is 11.8 Å². The first kappa shape index (κ1) is 15.7. The Labute approximate surface area is 125 Å². The monoisotopic (exact) mass is 299 g/mol. The van der Waals surface area contributed by atoms with Crippen molar-refractivity contribution in [2.75, 3.05) is 18.1 Å². The van der Waals surface area contributed by atoms with Crippen LogP contribution in [0.15, 0.2) is 0 Å². The largest absolute Gasteiger partial charge is 0.481 e. The number of thioether (sulfide) groups is 1. The SMILES string of the molecule is CC(CSCC(=O)N1CCCC2CCCCC21)C(=O)O. The summed E-state index contributed by atoms with van der Waals surface area (Å²) in [7, 11) is 0. The maximum absolute atomic E-state index is 12.4. The molecule has 114 valence electrons. The second-order valence-corrected chi connectivity index (χ2v) is 7.13. The molecule has 20 heavy (non-hydrogen) atoms. The van der Waals surface area contributed by atoms with Gasteiger partial charge in [-0.15, -0.1) is 0 Å². The lowest BCUT2D eigenvalue weighted by Crippen LogP contribution is -2.50. The summed E-state index contributed by atoms with van der Waals surface area (Å²) in [4.78, 5) is 25.2. The molecule has 1 aliphatic heterocycles. The van der Waals surface area contributed by atoms with Crippen LogP contribution < -0.4 is 0 Å². The summed E-state index contributed by atoms with van der Waals surface area (Å²) in [6.45, 7) is 2.59. The third-order valence-electron chi connectivity index (χ3n) is 4.58. The molecule has 0 bridgehead atoms. The molecule has 0 radical (unpaired) electrons.